The molecule has 4 nitrogen and oxygen atoms in total. The van der Waals surface area contributed by atoms with Crippen molar-refractivity contribution in [3.63, 3.8) is 0 Å². The minimum absolute atomic E-state index is 0.147. The maximum absolute atomic E-state index is 5.80. The van der Waals surface area contributed by atoms with E-state index < -0.39 is 0 Å². The Balaban J connectivity index is 2.12. The van der Waals surface area contributed by atoms with Gasteiger partial charge in [0.2, 0.25) is 0 Å². The van der Waals surface area contributed by atoms with Gasteiger partial charge in [-0.2, -0.15) is 5.06 Å². The molecule has 1 heterocycles. The second kappa shape index (κ2) is 5.30. The summed E-state index contributed by atoms with van der Waals surface area (Å²) in [5, 5.41) is 1.97. The molecule has 1 aromatic rings. The molecule has 0 aromatic heterocycles. The lowest BCUT2D eigenvalue weighted by Crippen LogP contribution is -2.30. The van der Waals surface area contributed by atoms with E-state index in [1.54, 1.807) is 7.11 Å². The summed E-state index contributed by atoms with van der Waals surface area (Å²) in [6.45, 7) is 2.31. The van der Waals surface area contributed by atoms with Gasteiger partial charge in [-0.15, -0.1) is 0 Å². The van der Waals surface area contributed by atoms with E-state index >= 15 is 0 Å². The normalized spacial score (nSPS) is 18.6. The zero-order valence-electron chi connectivity index (χ0n) is 9.56. The lowest BCUT2D eigenvalue weighted by molar-refractivity contribution is -0.140. The first kappa shape index (κ1) is 11.4. The third-order valence-electron chi connectivity index (χ3n) is 2.85. The number of nitrogens with two attached hydrogens (primary N) is 1. The second-order valence-corrected chi connectivity index (χ2v) is 3.85. The van der Waals surface area contributed by atoms with Gasteiger partial charge in [-0.25, -0.2) is 0 Å². The average molecular weight is 222 g/mol. The zero-order chi connectivity index (χ0) is 11.4. The number of ether oxygens (including phenoxy) is 1. The summed E-state index contributed by atoms with van der Waals surface area (Å²) in [4.78, 5) is 5.54. The van der Waals surface area contributed by atoms with E-state index in [0.717, 1.165) is 25.3 Å². The summed E-state index contributed by atoms with van der Waals surface area (Å²) in [5.41, 5.74) is 6.97. The van der Waals surface area contributed by atoms with Gasteiger partial charge in [-0.3, -0.25) is 4.84 Å². The third kappa shape index (κ3) is 2.35. The van der Waals surface area contributed by atoms with Crippen LogP contribution in [-0.4, -0.2) is 31.9 Å². The molecule has 0 spiro atoms. The van der Waals surface area contributed by atoms with E-state index in [1.165, 1.54) is 5.56 Å². The quantitative estimate of drug-likeness (QED) is 0.835. The number of nitrogens with zero attached hydrogens (tertiary/aromatic N) is 1. The van der Waals surface area contributed by atoms with E-state index in [0.29, 0.717) is 6.54 Å². The lowest BCUT2D eigenvalue weighted by Gasteiger charge is -2.25. The fourth-order valence-corrected chi connectivity index (χ4v) is 1.96. The Hall–Kier alpha value is -1.10. The molecule has 0 amide bonds. The first-order valence-corrected chi connectivity index (χ1v) is 5.58. The van der Waals surface area contributed by atoms with Gasteiger partial charge < -0.3 is 10.5 Å². The first-order valence-electron chi connectivity index (χ1n) is 5.58. The molecule has 4 heteroatoms. The molecule has 0 bridgehead atoms. The van der Waals surface area contributed by atoms with Gasteiger partial charge in [-0.05, 0) is 24.1 Å². The largest absolute Gasteiger partial charge is 0.497 e. The third-order valence-corrected chi connectivity index (χ3v) is 2.85. The highest BCUT2D eigenvalue weighted by Crippen LogP contribution is 2.24. The molecule has 1 aliphatic heterocycles. The van der Waals surface area contributed by atoms with Gasteiger partial charge in [-0.1, -0.05) is 12.1 Å². The summed E-state index contributed by atoms with van der Waals surface area (Å²) in [7, 11) is 1.67. The predicted octanol–water partition coefficient (Wildman–Crippen LogP) is 1.33. The van der Waals surface area contributed by atoms with Crippen molar-refractivity contribution in [3.05, 3.63) is 29.8 Å². The van der Waals surface area contributed by atoms with Crippen LogP contribution in [0, 0.1) is 0 Å². The molecule has 16 heavy (non-hydrogen) atoms. The Bertz CT molecular complexity index is 320. The average Bonchev–Trinajstić information content (AvgIpc) is 2.85. The Labute approximate surface area is 95.9 Å². The van der Waals surface area contributed by atoms with Gasteiger partial charge in [0, 0.05) is 13.1 Å². The van der Waals surface area contributed by atoms with Crippen LogP contribution in [-0.2, 0) is 4.84 Å². The van der Waals surface area contributed by atoms with E-state index in [9.17, 15) is 0 Å². The van der Waals surface area contributed by atoms with Gasteiger partial charge >= 0.3 is 0 Å². The smallest absolute Gasteiger partial charge is 0.118 e. The van der Waals surface area contributed by atoms with Crippen LogP contribution in [0.25, 0.3) is 0 Å². The van der Waals surface area contributed by atoms with Crippen molar-refractivity contribution in [2.24, 2.45) is 5.73 Å². The number of methoxy groups -OCH3 is 1. The van der Waals surface area contributed by atoms with Crippen LogP contribution in [0.3, 0.4) is 0 Å². The molecule has 2 N–H and O–H groups in total. The summed E-state index contributed by atoms with van der Waals surface area (Å²) in [5.74, 6) is 0.863. The van der Waals surface area contributed by atoms with Crippen LogP contribution >= 0.6 is 0 Å². The maximum atomic E-state index is 5.80. The van der Waals surface area contributed by atoms with Crippen molar-refractivity contribution in [2.75, 3.05) is 26.8 Å². The van der Waals surface area contributed by atoms with E-state index in [-0.39, 0.29) is 6.04 Å². The topological polar surface area (TPSA) is 47.7 Å². The van der Waals surface area contributed by atoms with Crippen molar-refractivity contribution in [1.82, 2.24) is 5.06 Å². The molecule has 0 radical (unpaired) electrons. The standard InChI is InChI=1S/C12H18N2O2/c1-15-11-5-3-10(4-6-11)12(9-13)14-7-2-8-16-14/h3-6,12H,2,7-9,13H2,1H3. The molecule has 1 saturated heterocycles. The Morgan fingerprint density at radius 2 is 2.19 bits per heavy atom. The molecule has 1 aromatic carbocycles. The molecule has 88 valence electrons. The number of hydrogen-bond acceptors (Lipinski definition) is 4. The molecule has 2 rings (SSSR count). The highest BCUT2D eigenvalue weighted by atomic mass is 16.7. The van der Waals surface area contributed by atoms with Crippen LogP contribution in [0.15, 0.2) is 24.3 Å². The monoisotopic (exact) mass is 222 g/mol. The molecule has 0 saturated carbocycles. The number of hydroxylamine groups is 2. The van der Waals surface area contributed by atoms with Gasteiger partial charge in [0.05, 0.1) is 19.8 Å². The summed E-state index contributed by atoms with van der Waals surface area (Å²) < 4.78 is 5.13. The van der Waals surface area contributed by atoms with Crippen molar-refractivity contribution >= 4 is 0 Å². The highest BCUT2D eigenvalue weighted by molar-refractivity contribution is 5.29. The zero-order valence-corrected chi connectivity index (χ0v) is 9.56. The highest BCUT2D eigenvalue weighted by Gasteiger charge is 2.23. The fraction of sp³-hybridized carbons (Fsp3) is 0.500. The number of hydrogen-bond donors (Lipinski definition) is 1. The van der Waals surface area contributed by atoms with Gasteiger partial charge in [0.25, 0.3) is 0 Å². The van der Waals surface area contributed by atoms with E-state index in [1.807, 2.05) is 29.3 Å². The fourth-order valence-electron chi connectivity index (χ4n) is 1.96. The van der Waals surface area contributed by atoms with Crippen molar-refractivity contribution < 1.29 is 9.57 Å². The second-order valence-electron chi connectivity index (χ2n) is 3.85. The van der Waals surface area contributed by atoms with Crippen LogP contribution in [0.2, 0.25) is 0 Å². The van der Waals surface area contributed by atoms with Crippen LogP contribution in [0.1, 0.15) is 18.0 Å². The van der Waals surface area contributed by atoms with Gasteiger partial charge in [0.1, 0.15) is 5.75 Å². The number of rotatable bonds is 4. The van der Waals surface area contributed by atoms with Crippen molar-refractivity contribution in [1.29, 1.82) is 0 Å². The minimum atomic E-state index is 0.147. The molecular formula is C12H18N2O2. The summed E-state index contributed by atoms with van der Waals surface area (Å²) in [6, 6.07) is 8.13. The van der Waals surface area contributed by atoms with Crippen LogP contribution in [0.4, 0.5) is 0 Å². The van der Waals surface area contributed by atoms with Crippen molar-refractivity contribution in [2.45, 2.75) is 12.5 Å². The molecule has 1 atom stereocenters. The predicted molar refractivity (Wildman–Crippen MR) is 62.1 cm³/mol. The van der Waals surface area contributed by atoms with E-state index in [2.05, 4.69) is 0 Å². The molecular weight excluding hydrogens is 204 g/mol. The first-order chi connectivity index (χ1) is 7.85. The minimum Gasteiger partial charge on any atom is -0.497 e. The Kier molecular flexibility index (Phi) is 3.77. The molecule has 0 aliphatic carbocycles. The number of benzene rings is 1. The summed E-state index contributed by atoms with van der Waals surface area (Å²) in [6.07, 6.45) is 1.08. The summed E-state index contributed by atoms with van der Waals surface area (Å²) >= 11 is 0. The Morgan fingerprint density at radius 3 is 2.69 bits per heavy atom. The molecule has 1 aliphatic rings. The van der Waals surface area contributed by atoms with Crippen LogP contribution < -0.4 is 10.5 Å². The molecule has 1 unspecified atom stereocenters. The van der Waals surface area contributed by atoms with Crippen molar-refractivity contribution in [3.8, 4) is 5.75 Å². The maximum Gasteiger partial charge on any atom is 0.118 e. The van der Waals surface area contributed by atoms with E-state index in [4.69, 9.17) is 15.3 Å². The van der Waals surface area contributed by atoms with Gasteiger partial charge in [0.15, 0.2) is 0 Å². The van der Waals surface area contributed by atoms with Crippen LogP contribution in [0.5, 0.6) is 5.75 Å². The Morgan fingerprint density at radius 1 is 1.44 bits per heavy atom. The molecule has 1 fully saturated rings. The lowest BCUT2D eigenvalue weighted by atomic mass is 10.1. The SMILES string of the molecule is COc1ccc(C(CN)N2CCCO2)cc1.